The standard InChI is InChI=1S/C29H27Cl2N5O4/c1-29(2,3)25-16-26(35(33-25)23-12-8-7-11-21(23)30)32-27(37)18-34(17-19-9-5-4-6-10-19)28(38)20-13-14-22(31)24(15-20)36(39)40/h4-16H,17-18H2,1-3H3,(H,32,37). The fourth-order valence-electron chi connectivity index (χ4n) is 3.97. The Hall–Kier alpha value is -4.21. The van der Waals surface area contributed by atoms with Crippen molar-refractivity contribution in [1.82, 2.24) is 14.7 Å². The van der Waals surface area contributed by atoms with Crippen molar-refractivity contribution in [2.45, 2.75) is 32.7 Å². The van der Waals surface area contributed by atoms with Crippen LogP contribution in [0.2, 0.25) is 10.0 Å². The van der Waals surface area contributed by atoms with E-state index in [1.807, 2.05) is 57.2 Å². The number of rotatable bonds is 8. The molecule has 0 saturated carbocycles. The first-order valence-corrected chi connectivity index (χ1v) is 13.1. The fraction of sp³-hybridized carbons (Fsp3) is 0.207. The van der Waals surface area contributed by atoms with E-state index >= 15 is 0 Å². The highest BCUT2D eigenvalue weighted by Gasteiger charge is 2.25. The fourth-order valence-corrected chi connectivity index (χ4v) is 4.37. The van der Waals surface area contributed by atoms with Crippen molar-refractivity contribution >= 4 is 46.5 Å². The second kappa shape index (κ2) is 11.9. The average Bonchev–Trinajstić information content (AvgIpc) is 3.33. The van der Waals surface area contributed by atoms with E-state index in [9.17, 15) is 19.7 Å². The van der Waals surface area contributed by atoms with Gasteiger partial charge in [-0.05, 0) is 29.8 Å². The third kappa shape index (κ3) is 6.67. The first-order chi connectivity index (χ1) is 18.9. The highest BCUT2D eigenvalue weighted by Crippen LogP contribution is 2.29. The lowest BCUT2D eigenvalue weighted by Crippen LogP contribution is -2.38. The van der Waals surface area contributed by atoms with Crippen LogP contribution >= 0.6 is 23.2 Å². The first-order valence-electron chi connectivity index (χ1n) is 12.4. The van der Waals surface area contributed by atoms with E-state index in [1.54, 1.807) is 28.9 Å². The molecule has 0 aliphatic carbocycles. The Labute approximate surface area is 241 Å². The Morgan fingerprint density at radius 2 is 1.65 bits per heavy atom. The molecule has 2 amide bonds. The molecule has 11 heteroatoms. The summed E-state index contributed by atoms with van der Waals surface area (Å²) in [6, 6.07) is 21.8. The number of nitro benzene ring substituents is 1. The molecule has 4 rings (SSSR count). The van der Waals surface area contributed by atoms with Crippen LogP contribution in [-0.2, 0) is 16.8 Å². The average molecular weight is 580 g/mol. The second-order valence-corrected chi connectivity index (χ2v) is 11.0. The summed E-state index contributed by atoms with van der Waals surface area (Å²) >= 11 is 12.4. The molecule has 0 saturated heterocycles. The molecule has 0 bridgehead atoms. The quantitative estimate of drug-likeness (QED) is 0.185. The van der Waals surface area contributed by atoms with Crippen LogP contribution in [0.1, 0.15) is 42.4 Å². The lowest BCUT2D eigenvalue weighted by molar-refractivity contribution is -0.384. The number of halogens is 2. The van der Waals surface area contributed by atoms with E-state index in [2.05, 4.69) is 5.32 Å². The van der Waals surface area contributed by atoms with Gasteiger partial charge in [-0.25, -0.2) is 4.68 Å². The monoisotopic (exact) mass is 579 g/mol. The number of nitro groups is 1. The zero-order chi connectivity index (χ0) is 29.0. The van der Waals surface area contributed by atoms with Gasteiger partial charge in [0, 0.05) is 29.7 Å². The van der Waals surface area contributed by atoms with Crippen LogP contribution in [0.3, 0.4) is 0 Å². The van der Waals surface area contributed by atoms with Crippen molar-refractivity contribution < 1.29 is 14.5 Å². The van der Waals surface area contributed by atoms with Gasteiger partial charge in [0.2, 0.25) is 5.91 Å². The van der Waals surface area contributed by atoms with E-state index in [1.165, 1.54) is 17.0 Å². The third-order valence-corrected chi connectivity index (χ3v) is 6.69. The van der Waals surface area contributed by atoms with Crippen LogP contribution in [0.4, 0.5) is 11.5 Å². The van der Waals surface area contributed by atoms with Crippen molar-refractivity contribution in [3.63, 3.8) is 0 Å². The minimum Gasteiger partial charge on any atom is -0.325 e. The molecule has 40 heavy (non-hydrogen) atoms. The summed E-state index contributed by atoms with van der Waals surface area (Å²) in [5, 5.41) is 19.3. The molecule has 4 aromatic rings. The molecule has 3 aromatic carbocycles. The number of carbonyl (C=O) groups is 2. The Bertz CT molecular complexity index is 1560. The maximum Gasteiger partial charge on any atom is 0.288 e. The van der Waals surface area contributed by atoms with Gasteiger partial charge in [0.1, 0.15) is 17.4 Å². The highest BCUT2D eigenvalue weighted by atomic mass is 35.5. The number of amides is 2. The zero-order valence-corrected chi connectivity index (χ0v) is 23.6. The number of para-hydroxylation sites is 1. The molecule has 0 spiro atoms. The Morgan fingerprint density at radius 3 is 2.30 bits per heavy atom. The molecule has 9 nitrogen and oxygen atoms in total. The van der Waals surface area contributed by atoms with Crippen LogP contribution in [0.15, 0.2) is 78.9 Å². The number of hydrogen-bond acceptors (Lipinski definition) is 5. The lowest BCUT2D eigenvalue weighted by Gasteiger charge is -2.23. The molecule has 0 radical (unpaired) electrons. The van der Waals surface area contributed by atoms with Crippen LogP contribution in [-0.4, -0.2) is 38.0 Å². The van der Waals surface area contributed by atoms with Gasteiger partial charge >= 0.3 is 0 Å². The molecule has 1 N–H and O–H groups in total. The van der Waals surface area contributed by atoms with Crippen molar-refractivity contribution in [2.24, 2.45) is 0 Å². The predicted molar refractivity (Wildman–Crippen MR) is 155 cm³/mol. The van der Waals surface area contributed by atoms with Gasteiger partial charge in [-0.3, -0.25) is 19.7 Å². The molecule has 1 aromatic heterocycles. The summed E-state index contributed by atoms with van der Waals surface area (Å²) in [7, 11) is 0. The smallest absolute Gasteiger partial charge is 0.288 e. The van der Waals surface area contributed by atoms with Gasteiger partial charge < -0.3 is 10.2 Å². The lowest BCUT2D eigenvalue weighted by atomic mass is 9.92. The van der Waals surface area contributed by atoms with E-state index in [4.69, 9.17) is 28.3 Å². The molecular weight excluding hydrogens is 553 g/mol. The van der Waals surface area contributed by atoms with E-state index < -0.39 is 22.4 Å². The topological polar surface area (TPSA) is 110 Å². The van der Waals surface area contributed by atoms with Crippen molar-refractivity contribution in [1.29, 1.82) is 0 Å². The summed E-state index contributed by atoms with van der Waals surface area (Å²) in [6.45, 7) is 5.78. The van der Waals surface area contributed by atoms with Crippen LogP contribution in [0.5, 0.6) is 0 Å². The molecule has 0 aliphatic heterocycles. The third-order valence-electron chi connectivity index (χ3n) is 6.05. The number of hydrogen-bond donors (Lipinski definition) is 1. The summed E-state index contributed by atoms with van der Waals surface area (Å²) in [6.07, 6.45) is 0. The van der Waals surface area contributed by atoms with Crippen LogP contribution in [0, 0.1) is 10.1 Å². The second-order valence-electron chi connectivity index (χ2n) is 10.1. The maximum absolute atomic E-state index is 13.5. The van der Waals surface area contributed by atoms with Gasteiger partial charge in [0.15, 0.2) is 0 Å². The summed E-state index contributed by atoms with van der Waals surface area (Å²) in [5.41, 5.74) is 1.42. The van der Waals surface area contributed by atoms with Crippen molar-refractivity contribution in [3.8, 4) is 5.69 Å². The highest BCUT2D eigenvalue weighted by molar-refractivity contribution is 6.33. The number of nitrogens with one attached hydrogen (secondary N) is 1. The Kier molecular flexibility index (Phi) is 8.56. The minimum atomic E-state index is -0.657. The number of carbonyl (C=O) groups excluding carboxylic acids is 2. The van der Waals surface area contributed by atoms with Gasteiger partial charge in [-0.2, -0.15) is 5.10 Å². The molecule has 206 valence electrons. The molecule has 0 atom stereocenters. The van der Waals surface area contributed by atoms with E-state index in [-0.39, 0.29) is 29.1 Å². The summed E-state index contributed by atoms with van der Waals surface area (Å²) < 4.78 is 1.56. The normalized spacial score (nSPS) is 11.2. The van der Waals surface area contributed by atoms with Crippen molar-refractivity contribution in [2.75, 3.05) is 11.9 Å². The molecule has 1 heterocycles. The largest absolute Gasteiger partial charge is 0.325 e. The molecular formula is C29H27Cl2N5O4. The van der Waals surface area contributed by atoms with Gasteiger partial charge in [-0.1, -0.05) is 86.4 Å². The Balaban J connectivity index is 1.66. The van der Waals surface area contributed by atoms with Crippen molar-refractivity contribution in [3.05, 3.63) is 116 Å². The summed E-state index contributed by atoms with van der Waals surface area (Å²) in [4.78, 5) is 39.0. The molecule has 0 unspecified atom stereocenters. The van der Waals surface area contributed by atoms with Crippen LogP contribution in [0.25, 0.3) is 5.69 Å². The van der Waals surface area contributed by atoms with Crippen LogP contribution < -0.4 is 5.32 Å². The molecule has 0 aliphatic rings. The zero-order valence-electron chi connectivity index (χ0n) is 22.1. The number of anilines is 1. The van der Waals surface area contributed by atoms with E-state index in [0.717, 1.165) is 17.3 Å². The SMILES string of the molecule is CC(C)(C)c1cc(NC(=O)CN(Cc2ccccc2)C(=O)c2ccc(Cl)c([N+](=O)[O-])c2)n(-c2ccccc2Cl)n1. The maximum atomic E-state index is 13.5. The van der Waals surface area contributed by atoms with Gasteiger partial charge in [0.05, 0.1) is 21.3 Å². The summed E-state index contributed by atoms with van der Waals surface area (Å²) in [5.74, 6) is -0.660. The Morgan fingerprint density at radius 1 is 0.975 bits per heavy atom. The number of benzene rings is 3. The number of nitrogens with zero attached hydrogens (tertiary/aromatic N) is 4. The number of aromatic nitrogens is 2. The minimum absolute atomic E-state index is 0.0379. The molecule has 0 fully saturated rings. The van der Waals surface area contributed by atoms with Gasteiger partial charge in [-0.15, -0.1) is 0 Å². The van der Waals surface area contributed by atoms with E-state index in [0.29, 0.717) is 16.5 Å². The first kappa shape index (κ1) is 28.8. The predicted octanol–water partition coefficient (Wildman–Crippen LogP) is 6.67. The van der Waals surface area contributed by atoms with Gasteiger partial charge in [0.25, 0.3) is 11.6 Å².